The standard InChI is InChI=1S/C13H20ClNO2S/c1-15(11-7-3-6-10-14)18(16,17)12-13-8-4-2-5-9-13/h2,4-5,8-9H,3,6-7,10-12H2,1H3. The SMILES string of the molecule is CN(CCCCCCl)S(=O)(=O)Cc1ccccc1. The van der Waals surface area contributed by atoms with Crippen LogP contribution in [0.15, 0.2) is 30.3 Å². The molecule has 0 fully saturated rings. The van der Waals surface area contributed by atoms with Gasteiger partial charge in [-0.05, 0) is 18.4 Å². The lowest BCUT2D eigenvalue weighted by molar-refractivity contribution is 0.454. The molecule has 102 valence electrons. The zero-order valence-corrected chi connectivity index (χ0v) is 12.3. The molecule has 5 heteroatoms. The van der Waals surface area contributed by atoms with Gasteiger partial charge in [0.15, 0.2) is 0 Å². The molecule has 0 saturated carbocycles. The van der Waals surface area contributed by atoms with Gasteiger partial charge in [-0.25, -0.2) is 12.7 Å². The Labute approximate surface area is 115 Å². The van der Waals surface area contributed by atoms with Gasteiger partial charge >= 0.3 is 0 Å². The van der Waals surface area contributed by atoms with Crippen molar-refractivity contribution in [1.82, 2.24) is 4.31 Å². The van der Waals surface area contributed by atoms with E-state index in [-0.39, 0.29) is 5.75 Å². The maximum atomic E-state index is 12.1. The van der Waals surface area contributed by atoms with Gasteiger partial charge < -0.3 is 0 Å². The summed E-state index contributed by atoms with van der Waals surface area (Å²) in [5, 5.41) is 0. The van der Waals surface area contributed by atoms with Gasteiger partial charge in [0.1, 0.15) is 0 Å². The van der Waals surface area contributed by atoms with Crippen LogP contribution >= 0.6 is 11.6 Å². The fraction of sp³-hybridized carbons (Fsp3) is 0.538. The molecule has 18 heavy (non-hydrogen) atoms. The number of nitrogens with zero attached hydrogens (tertiary/aromatic N) is 1. The number of benzene rings is 1. The Morgan fingerprint density at radius 1 is 1.11 bits per heavy atom. The number of halogens is 1. The van der Waals surface area contributed by atoms with Crippen LogP contribution in [0.2, 0.25) is 0 Å². The largest absolute Gasteiger partial charge is 0.218 e. The predicted octanol–water partition coefficient (Wildman–Crippen LogP) is 2.86. The predicted molar refractivity (Wildman–Crippen MR) is 76.3 cm³/mol. The average Bonchev–Trinajstić information content (AvgIpc) is 2.35. The lowest BCUT2D eigenvalue weighted by atomic mass is 10.2. The molecular formula is C13H20ClNO2S. The van der Waals surface area contributed by atoms with Crippen molar-refractivity contribution in [3.63, 3.8) is 0 Å². The Morgan fingerprint density at radius 3 is 2.39 bits per heavy atom. The van der Waals surface area contributed by atoms with E-state index in [0.29, 0.717) is 12.4 Å². The van der Waals surface area contributed by atoms with Crippen LogP contribution in [0.4, 0.5) is 0 Å². The van der Waals surface area contributed by atoms with Gasteiger partial charge in [0, 0.05) is 19.5 Å². The van der Waals surface area contributed by atoms with E-state index in [1.165, 1.54) is 4.31 Å². The first kappa shape index (κ1) is 15.5. The Balaban J connectivity index is 2.47. The normalized spacial score (nSPS) is 11.9. The third kappa shape index (κ3) is 5.38. The molecule has 0 bridgehead atoms. The highest BCUT2D eigenvalue weighted by Crippen LogP contribution is 2.10. The third-order valence-corrected chi connectivity index (χ3v) is 4.87. The summed E-state index contributed by atoms with van der Waals surface area (Å²) in [7, 11) is -1.56. The van der Waals surface area contributed by atoms with Gasteiger partial charge in [-0.15, -0.1) is 11.6 Å². The number of rotatable bonds is 8. The third-order valence-electron chi connectivity index (χ3n) is 2.77. The molecule has 0 aliphatic rings. The van der Waals surface area contributed by atoms with Crippen LogP contribution < -0.4 is 0 Å². The van der Waals surface area contributed by atoms with Crippen molar-refractivity contribution in [2.75, 3.05) is 19.5 Å². The molecule has 0 spiro atoms. The molecule has 0 aliphatic carbocycles. The molecule has 3 nitrogen and oxygen atoms in total. The van der Waals surface area contributed by atoms with Crippen LogP contribution in [-0.2, 0) is 15.8 Å². The number of hydrogen-bond donors (Lipinski definition) is 0. The second-order valence-corrected chi connectivity index (χ2v) is 6.77. The monoisotopic (exact) mass is 289 g/mol. The van der Waals surface area contributed by atoms with Crippen molar-refractivity contribution >= 4 is 21.6 Å². The summed E-state index contributed by atoms with van der Waals surface area (Å²) in [4.78, 5) is 0. The lowest BCUT2D eigenvalue weighted by Crippen LogP contribution is -2.29. The molecule has 0 atom stereocenters. The number of alkyl halides is 1. The Bertz CT molecular complexity index is 434. The van der Waals surface area contributed by atoms with E-state index in [4.69, 9.17) is 11.6 Å². The van der Waals surface area contributed by atoms with Crippen molar-refractivity contribution in [2.45, 2.75) is 25.0 Å². The van der Waals surface area contributed by atoms with E-state index in [0.717, 1.165) is 24.8 Å². The molecule has 0 N–H and O–H groups in total. The molecule has 0 aromatic heterocycles. The summed E-state index contributed by atoms with van der Waals surface area (Å²) >= 11 is 5.58. The van der Waals surface area contributed by atoms with Crippen LogP contribution in [-0.4, -0.2) is 32.2 Å². The smallest absolute Gasteiger partial charge is 0.212 e. The highest BCUT2D eigenvalue weighted by Gasteiger charge is 2.17. The summed E-state index contributed by atoms with van der Waals surface area (Å²) in [6.07, 6.45) is 2.76. The highest BCUT2D eigenvalue weighted by atomic mass is 35.5. The van der Waals surface area contributed by atoms with Gasteiger partial charge in [0.05, 0.1) is 5.75 Å². The molecule has 0 radical (unpaired) electrons. The molecule has 1 aromatic rings. The molecule has 1 aromatic carbocycles. The van der Waals surface area contributed by atoms with Gasteiger partial charge in [-0.1, -0.05) is 36.8 Å². The van der Waals surface area contributed by atoms with E-state index >= 15 is 0 Å². The first-order chi connectivity index (χ1) is 8.56. The maximum absolute atomic E-state index is 12.1. The summed E-state index contributed by atoms with van der Waals surface area (Å²) in [6, 6.07) is 9.25. The van der Waals surface area contributed by atoms with Crippen molar-refractivity contribution < 1.29 is 8.42 Å². The second kappa shape index (κ2) is 7.77. The van der Waals surface area contributed by atoms with Gasteiger partial charge in [0.25, 0.3) is 0 Å². The fourth-order valence-corrected chi connectivity index (χ4v) is 3.07. The topological polar surface area (TPSA) is 37.4 Å². The summed E-state index contributed by atoms with van der Waals surface area (Å²) < 4.78 is 25.6. The molecular weight excluding hydrogens is 270 g/mol. The van der Waals surface area contributed by atoms with Crippen LogP contribution in [0.3, 0.4) is 0 Å². The van der Waals surface area contributed by atoms with Crippen molar-refractivity contribution in [1.29, 1.82) is 0 Å². The van der Waals surface area contributed by atoms with Crippen LogP contribution in [0.1, 0.15) is 24.8 Å². The summed E-state index contributed by atoms with van der Waals surface area (Å²) in [6.45, 7) is 0.562. The lowest BCUT2D eigenvalue weighted by Gasteiger charge is -2.17. The molecule has 0 heterocycles. The van der Waals surface area contributed by atoms with Crippen molar-refractivity contribution in [2.24, 2.45) is 0 Å². The van der Waals surface area contributed by atoms with E-state index in [2.05, 4.69) is 0 Å². The van der Waals surface area contributed by atoms with Gasteiger partial charge in [0.2, 0.25) is 10.0 Å². The van der Waals surface area contributed by atoms with Gasteiger partial charge in [-0.3, -0.25) is 0 Å². The number of unbranched alkanes of at least 4 members (excludes halogenated alkanes) is 2. The molecule has 0 unspecified atom stereocenters. The molecule has 0 saturated heterocycles. The summed E-state index contributed by atoms with van der Waals surface area (Å²) in [5.41, 5.74) is 0.824. The minimum Gasteiger partial charge on any atom is -0.212 e. The summed E-state index contributed by atoms with van der Waals surface area (Å²) in [5.74, 6) is 0.709. The van der Waals surface area contributed by atoms with E-state index in [1.54, 1.807) is 7.05 Å². The molecule has 0 amide bonds. The molecule has 0 aliphatic heterocycles. The minimum atomic E-state index is -3.20. The zero-order chi connectivity index (χ0) is 13.4. The molecule has 1 rings (SSSR count). The van der Waals surface area contributed by atoms with Crippen molar-refractivity contribution in [3.05, 3.63) is 35.9 Å². The number of hydrogen-bond acceptors (Lipinski definition) is 2. The number of sulfonamides is 1. The van der Waals surface area contributed by atoms with Crippen molar-refractivity contribution in [3.8, 4) is 0 Å². The highest BCUT2D eigenvalue weighted by molar-refractivity contribution is 7.88. The van der Waals surface area contributed by atoms with E-state index in [9.17, 15) is 8.42 Å². The Hall–Kier alpha value is -0.580. The van der Waals surface area contributed by atoms with E-state index in [1.807, 2.05) is 30.3 Å². The quantitative estimate of drug-likeness (QED) is 0.545. The fourth-order valence-electron chi connectivity index (χ4n) is 1.64. The van der Waals surface area contributed by atoms with Crippen LogP contribution in [0.5, 0.6) is 0 Å². The maximum Gasteiger partial charge on any atom is 0.218 e. The first-order valence-corrected chi connectivity index (χ1v) is 8.24. The first-order valence-electron chi connectivity index (χ1n) is 6.10. The van der Waals surface area contributed by atoms with E-state index < -0.39 is 10.0 Å². The van der Waals surface area contributed by atoms with Gasteiger partial charge in [-0.2, -0.15) is 0 Å². The Morgan fingerprint density at radius 2 is 1.78 bits per heavy atom. The van der Waals surface area contributed by atoms with Crippen LogP contribution in [0.25, 0.3) is 0 Å². The second-order valence-electron chi connectivity index (χ2n) is 4.31. The average molecular weight is 290 g/mol. The Kier molecular flexibility index (Phi) is 6.68. The minimum absolute atomic E-state index is 0.0693. The van der Waals surface area contributed by atoms with Crippen LogP contribution in [0, 0.1) is 0 Å². The zero-order valence-electron chi connectivity index (χ0n) is 10.7.